The van der Waals surface area contributed by atoms with E-state index < -0.39 is 30.4 Å². The Morgan fingerprint density at radius 3 is 2.14 bits per heavy atom. The van der Waals surface area contributed by atoms with Crippen molar-refractivity contribution in [3.63, 3.8) is 0 Å². The van der Waals surface area contributed by atoms with E-state index in [0.717, 1.165) is 50.3 Å². The number of anilines is 3. The maximum Gasteiger partial charge on any atom is 0.337 e. The van der Waals surface area contributed by atoms with Gasteiger partial charge in [-0.15, -0.1) is 0 Å². The molecule has 0 fully saturated rings. The van der Waals surface area contributed by atoms with Crippen LogP contribution in [-0.4, -0.2) is 27.9 Å². The summed E-state index contributed by atoms with van der Waals surface area (Å²) in [6, 6.07) is 35.4. The quantitative estimate of drug-likeness (QED) is 0.151. The van der Waals surface area contributed by atoms with Crippen LogP contribution in [0.5, 0.6) is 11.5 Å². The smallest absolute Gasteiger partial charge is 0.337 e. The zero-order valence-electron chi connectivity index (χ0n) is 39.7. The Morgan fingerprint density at radius 2 is 1.37 bits per heavy atom. The fraction of sp³-hybridized carbons (Fsp3) is 0.288. The Labute approximate surface area is 356 Å². The fourth-order valence-corrected chi connectivity index (χ4v) is 8.43. The second-order valence-corrected chi connectivity index (χ2v) is 19.0. The maximum atomic E-state index is 9.62. The van der Waals surface area contributed by atoms with Crippen molar-refractivity contribution in [2.24, 2.45) is 10.8 Å². The van der Waals surface area contributed by atoms with Gasteiger partial charge in [-0.3, -0.25) is 4.57 Å². The van der Waals surface area contributed by atoms with Crippen molar-refractivity contribution in [2.75, 3.05) is 16.5 Å². The number of aromatic nitrogens is 2. The first-order valence-corrected chi connectivity index (χ1v) is 20.7. The van der Waals surface area contributed by atoms with E-state index in [9.17, 15) is 5.48 Å². The highest BCUT2D eigenvalue weighted by atomic mass is 16.5. The first kappa shape index (κ1) is 34.0. The van der Waals surface area contributed by atoms with E-state index >= 15 is 0 Å². The third-order valence-corrected chi connectivity index (χ3v) is 11.0. The lowest BCUT2D eigenvalue weighted by Crippen LogP contribution is -2.45. The monoisotopic (exact) mass is 781 g/mol. The Kier molecular flexibility index (Phi) is 8.29. The van der Waals surface area contributed by atoms with Crippen LogP contribution in [0.15, 0.2) is 157 Å². The number of benzene rings is 4. The van der Waals surface area contributed by atoms with Crippen molar-refractivity contribution >= 4 is 45.7 Å². The second kappa shape index (κ2) is 14.4. The molecule has 0 N–H and O–H groups in total. The van der Waals surface area contributed by atoms with Crippen LogP contribution in [0.2, 0.25) is 0 Å². The predicted octanol–water partition coefficient (Wildman–Crippen LogP) is 13.7. The van der Waals surface area contributed by atoms with Crippen molar-refractivity contribution in [2.45, 2.75) is 80.5 Å². The molecule has 6 aromatic rings. The van der Waals surface area contributed by atoms with Crippen LogP contribution in [0.1, 0.15) is 86.1 Å². The Morgan fingerprint density at radius 1 is 0.678 bits per heavy atom. The van der Waals surface area contributed by atoms with E-state index in [2.05, 4.69) is 113 Å². The molecular weight excluding hydrogens is 721 g/mol. The van der Waals surface area contributed by atoms with Crippen molar-refractivity contribution < 1.29 is 10.2 Å². The molecule has 0 atom stereocenters. The number of ether oxygens (including phenoxy) is 1. The molecule has 0 saturated carbocycles. The Balaban J connectivity index is 1.11. The predicted molar refractivity (Wildman–Crippen MR) is 249 cm³/mol. The van der Waals surface area contributed by atoms with Gasteiger partial charge >= 0.3 is 6.85 Å². The molecule has 0 amide bonds. The van der Waals surface area contributed by atoms with Crippen LogP contribution in [0.25, 0.3) is 27.6 Å². The van der Waals surface area contributed by atoms with Crippen LogP contribution >= 0.6 is 0 Å². The third kappa shape index (κ3) is 7.59. The molecule has 6 nitrogen and oxygen atoms in total. The Hall–Kier alpha value is -5.95. The third-order valence-electron chi connectivity index (χ3n) is 11.0. The van der Waals surface area contributed by atoms with Gasteiger partial charge < -0.3 is 19.3 Å². The molecule has 5 heterocycles. The van der Waals surface area contributed by atoms with Crippen molar-refractivity contribution in [1.82, 2.24) is 14.4 Å². The van der Waals surface area contributed by atoms with Gasteiger partial charge in [-0.2, -0.15) is 0 Å². The van der Waals surface area contributed by atoms with Gasteiger partial charge in [-0.25, -0.2) is 4.98 Å². The highest BCUT2D eigenvalue weighted by molar-refractivity contribution is 6.71. The summed E-state index contributed by atoms with van der Waals surface area (Å²) in [4.78, 5) is 11.4. The minimum atomic E-state index is -1.72. The van der Waals surface area contributed by atoms with Crippen LogP contribution in [0.4, 0.5) is 17.1 Å². The van der Waals surface area contributed by atoms with Gasteiger partial charge in [0.15, 0.2) is 0 Å². The number of pyridine rings is 1. The minimum Gasteiger partial charge on any atom is -0.457 e. The summed E-state index contributed by atoms with van der Waals surface area (Å²) in [6.45, 7) is 18.2. The topological polar surface area (TPSA) is 36.8 Å². The van der Waals surface area contributed by atoms with Crippen LogP contribution in [0.3, 0.4) is 0 Å². The van der Waals surface area contributed by atoms with Crippen LogP contribution in [-0.2, 0) is 5.41 Å². The lowest BCUT2D eigenvalue weighted by atomic mass is 9.51. The molecule has 0 spiro atoms. The summed E-state index contributed by atoms with van der Waals surface area (Å²) in [5, 5.41) is 2.27. The molecule has 9 rings (SSSR count). The van der Waals surface area contributed by atoms with Gasteiger partial charge in [0.2, 0.25) is 0 Å². The summed E-state index contributed by atoms with van der Waals surface area (Å²) in [5.41, 5.74) is 6.68. The summed E-state index contributed by atoms with van der Waals surface area (Å²) in [5.74, 6) is 4.24. The normalized spacial score (nSPS) is 17.2. The molecule has 4 aromatic carbocycles. The molecule has 298 valence electrons. The first-order valence-electron chi connectivity index (χ1n) is 22.7. The first-order chi connectivity index (χ1) is 29.6. The van der Waals surface area contributed by atoms with Gasteiger partial charge in [-0.1, -0.05) is 110 Å². The number of para-hydroxylation sites is 3. The molecule has 0 unspecified atom stereocenters. The highest BCUT2D eigenvalue weighted by Gasteiger charge is 2.39. The van der Waals surface area contributed by atoms with E-state index in [1.54, 1.807) is 0 Å². The van der Waals surface area contributed by atoms with Crippen LogP contribution in [0, 0.1) is 10.8 Å². The lowest BCUT2D eigenvalue weighted by molar-refractivity contribution is 0.411. The maximum absolute atomic E-state index is 9.62. The average molecular weight is 782 g/mol. The number of fused-ring (bicyclic) bond motifs is 5. The number of rotatable bonds is 7. The molecule has 0 radical (unpaired) electrons. The average Bonchev–Trinajstić information content (AvgIpc) is 3.78. The number of allylic oxidation sites excluding steroid dienone is 4. The standard InChI is InChI=1S/C52H56BN5O/c1-50(2,3)32-36-24-27-55-28-25-37(33-51(4,5)6)49(53(55)34-36)57-35-56(45-19-12-13-20-46(45)57)39-15-14-16-40(30-39)59-41-21-22-43-42-17-10-11-18-44(42)58(47(43)31-41)48-29-38(23-26-54-48)52(7,8)9/h10-31,34H,32-33,35H2,1-9H3/i32D2,33D2. The van der Waals surface area contributed by atoms with E-state index in [-0.39, 0.29) is 5.41 Å². The summed E-state index contributed by atoms with van der Waals surface area (Å²) < 4.78 is 46.6. The number of nitrogens with zero attached hydrogens (tertiary/aromatic N) is 5. The van der Waals surface area contributed by atoms with E-state index in [0.29, 0.717) is 29.3 Å². The van der Waals surface area contributed by atoms with Crippen molar-refractivity contribution in [1.29, 1.82) is 0 Å². The molecule has 2 aromatic heterocycles. The molecule has 7 heteroatoms. The molecule has 3 aliphatic rings. The molecule has 0 bridgehead atoms. The van der Waals surface area contributed by atoms with Gasteiger partial charge in [0.1, 0.15) is 17.3 Å². The van der Waals surface area contributed by atoms with Gasteiger partial charge in [0.25, 0.3) is 0 Å². The summed E-state index contributed by atoms with van der Waals surface area (Å²) >= 11 is 0. The molecule has 0 saturated heterocycles. The second-order valence-electron chi connectivity index (χ2n) is 19.0. The van der Waals surface area contributed by atoms with E-state index in [1.807, 2.05) is 109 Å². The Bertz CT molecular complexity index is 2910. The van der Waals surface area contributed by atoms with Gasteiger partial charge in [0, 0.05) is 45.9 Å². The zero-order chi connectivity index (χ0) is 44.9. The zero-order valence-corrected chi connectivity index (χ0v) is 35.7. The fourth-order valence-electron chi connectivity index (χ4n) is 8.43. The molecule has 0 aliphatic carbocycles. The largest absolute Gasteiger partial charge is 0.457 e. The van der Waals surface area contributed by atoms with Gasteiger partial charge in [0.05, 0.1) is 29.1 Å². The minimum absolute atomic E-state index is 0.0344. The number of hydrogen-bond donors (Lipinski definition) is 0. The summed E-state index contributed by atoms with van der Waals surface area (Å²) in [7, 11) is 0. The van der Waals surface area contributed by atoms with Crippen molar-refractivity contribution in [3.05, 3.63) is 162 Å². The molecular formula is C52H56BN5O. The van der Waals surface area contributed by atoms with E-state index in [4.69, 9.17) is 9.72 Å². The van der Waals surface area contributed by atoms with Gasteiger partial charge in [-0.05, 0) is 119 Å². The summed E-state index contributed by atoms with van der Waals surface area (Å²) in [6.07, 6.45) is 6.17. The molecule has 3 aliphatic heterocycles. The van der Waals surface area contributed by atoms with E-state index in [1.165, 1.54) is 5.56 Å². The number of hydrogen-bond acceptors (Lipinski definition) is 5. The highest BCUT2D eigenvalue weighted by Crippen LogP contribution is 2.47. The lowest BCUT2D eigenvalue weighted by Gasteiger charge is -2.39. The van der Waals surface area contributed by atoms with Crippen LogP contribution < -0.4 is 14.5 Å². The molecule has 59 heavy (non-hydrogen) atoms. The van der Waals surface area contributed by atoms with Crippen molar-refractivity contribution in [3.8, 4) is 17.3 Å². The SMILES string of the molecule is [2H]C([2H])(C1=CB2C(N3CN(c4cccc(Oc5ccc6c7ccccc7n(-c7cc(C(C)(C)C)ccn7)c6c5)c4)c4ccccc43)=C(C([2H])([2H])C(C)(C)C)C=CN2C=C1)C(C)(C)C.